The molecule has 0 aromatic heterocycles. The van der Waals surface area contributed by atoms with E-state index >= 15 is 0 Å². The normalized spacial score (nSPS) is 15.2. The summed E-state index contributed by atoms with van der Waals surface area (Å²) >= 11 is 0. The number of hydrogen-bond donors (Lipinski definition) is 1. The largest absolute Gasteiger partial charge is 0.449 e. The first-order valence-corrected chi connectivity index (χ1v) is 12.0. The summed E-state index contributed by atoms with van der Waals surface area (Å²) in [7, 11) is -0.932. The molecule has 178 valence electrons. The van der Waals surface area contributed by atoms with Gasteiger partial charge in [0.05, 0.1) is 29.4 Å². The monoisotopic (exact) mass is 475 g/mol. The van der Waals surface area contributed by atoms with Gasteiger partial charge in [-0.05, 0) is 43.7 Å². The molecule has 3 rings (SSSR count). The van der Waals surface area contributed by atoms with Gasteiger partial charge in [-0.3, -0.25) is 4.79 Å². The van der Waals surface area contributed by atoms with E-state index in [1.807, 2.05) is 24.0 Å². The Hall–Kier alpha value is -2.95. The molecule has 1 saturated heterocycles. The smallest absolute Gasteiger partial charge is 0.341 e. The van der Waals surface area contributed by atoms with Crippen LogP contribution in [0.4, 0.5) is 11.4 Å². The van der Waals surface area contributed by atoms with Gasteiger partial charge in [-0.1, -0.05) is 18.2 Å². The van der Waals surface area contributed by atoms with Crippen LogP contribution < -0.4 is 10.2 Å². The van der Waals surface area contributed by atoms with Gasteiger partial charge in [0.15, 0.2) is 6.10 Å². The molecule has 1 aliphatic heterocycles. The quantitative estimate of drug-likeness (QED) is 0.613. The van der Waals surface area contributed by atoms with E-state index in [1.165, 1.54) is 33.2 Å². The third-order valence-corrected chi connectivity index (χ3v) is 7.19. The standard InChI is InChI=1S/C23H29N3O6S/c1-16-7-5-6-8-20(16)24-22(27)17(2)32-23(28)19-15-18(33(29,30)25(3)4)9-10-21(19)26-11-13-31-14-12-26/h5-10,15,17H,11-14H2,1-4H3,(H,24,27)/t17-/m0/s1. The lowest BCUT2D eigenvalue weighted by Gasteiger charge is -2.30. The number of amides is 1. The van der Waals surface area contributed by atoms with Crippen LogP contribution in [0.5, 0.6) is 0 Å². The molecule has 1 atom stereocenters. The van der Waals surface area contributed by atoms with Crippen LogP contribution in [-0.4, -0.2) is 71.1 Å². The van der Waals surface area contributed by atoms with E-state index in [-0.39, 0.29) is 10.5 Å². The first-order valence-electron chi connectivity index (χ1n) is 10.6. The van der Waals surface area contributed by atoms with Crippen LogP contribution in [0.15, 0.2) is 47.4 Å². The van der Waals surface area contributed by atoms with Gasteiger partial charge in [-0.2, -0.15) is 0 Å². The molecule has 1 heterocycles. The van der Waals surface area contributed by atoms with Crippen molar-refractivity contribution in [2.75, 3.05) is 50.6 Å². The van der Waals surface area contributed by atoms with E-state index in [2.05, 4.69) is 5.32 Å². The molecule has 1 amide bonds. The Balaban J connectivity index is 1.87. The fraction of sp³-hybridized carbons (Fsp3) is 0.391. The summed E-state index contributed by atoms with van der Waals surface area (Å²) in [6, 6.07) is 11.6. The number of nitrogens with one attached hydrogen (secondary N) is 1. The molecular formula is C23H29N3O6S. The molecule has 0 saturated carbocycles. The Bertz CT molecular complexity index is 1130. The number of anilines is 2. The number of morpholine rings is 1. The minimum atomic E-state index is -3.77. The zero-order chi connectivity index (χ0) is 24.2. The summed E-state index contributed by atoms with van der Waals surface area (Å²) in [6.07, 6.45) is -1.09. The molecule has 0 spiro atoms. The van der Waals surface area contributed by atoms with Crippen LogP contribution in [-0.2, 0) is 24.3 Å². The van der Waals surface area contributed by atoms with Gasteiger partial charge in [-0.15, -0.1) is 0 Å². The lowest BCUT2D eigenvalue weighted by molar-refractivity contribution is -0.123. The van der Waals surface area contributed by atoms with Crippen LogP contribution in [0.25, 0.3) is 0 Å². The Morgan fingerprint density at radius 2 is 1.79 bits per heavy atom. The molecule has 0 aliphatic carbocycles. The van der Waals surface area contributed by atoms with Crippen molar-refractivity contribution in [3.63, 3.8) is 0 Å². The number of sulfonamides is 1. The van der Waals surface area contributed by atoms with Gasteiger partial charge in [0.25, 0.3) is 5.91 Å². The van der Waals surface area contributed by atoms with E-state index in [9.17, 15) is 18.0 Å². The molecule has 9 nitrogen and oxygen atoms in total. The molecule has 0 radical (unpaired) electrons. The SMILES string of the molecule is Cc1ccccc1NC(=O)[C@H](C)OC(=O)c1cc(S(=O)(=O)N(C)C)ccc1N1CCOCC1. The average Bonchev–Trinajstić information content (AvgIpc) is 2.80. The number of ether oxygens (including phenoxy) is 2. The van der Waals surface area contributed by atoms with Gasteiger partial charge in [-0.25, -0.2) is 17.5 Å². The van der Waals surface area contributed by atoms with E-state index in [1.54, 1.807) is 18.2 Å². The van der Waals surface area contributed by atoms with E-state index < -0.39 is 28.0 Å². The molecule has 33 heavy (non-hydrogen) atoms. The number of esters is 1. The second kappa shape index (κ2) is 10.3. The second-order valence-corrected chi connectivity index (χ2v) is 10.1. The maximum absolute atomic E-state index is 13.1. The van der Waals surface area contributed by atoms with Gasteiger partial charge < -0.3 is 19.7 Å². The van der Waals surface area contributed by atoms with E-state index in [0.29, 0.717) is 37.7 Å². The molecule has 1 aliphatic rings. The molecule has 0 bridgehead atoms. The van der Waals surface area contributed by atoms with Crippen molar-refractivity contribution in [2.24, 2.45) is 0 Å². The maximum Gasteiger partial charge on any atom is 0.341 e. The fourth-order valence-electron chi connectivity index (χ4n) is 3.36. The van der Waals surface area contributed by atoms with Crippen LogP contribution in [0, 0.1) is 6.92 Å². The number of carbonyl (C=O) groups excluding carboxylic acids is 2. The van der Waals surface area contributed by atoms with Crippen molar-refractivity contribution in [1.29, 1.82) is 0 Å². The fourth-order valence-corrected chi connectivity index (χ4v) is 4.28. The highest BCUT2D eigenvalue weighted by atomic mass is 32.2. The highest BCUT2D eigenvalue weighted by molar-refractivity contribution is 7.89. The molecule has 2 aromatic carbocycles. The number of nitrogens with zero attached hydrogens (tertiary/aromatic N) is 2. The lowest BCUT2D eigenvalue weighted by Crippen LogP contribution is -2.37. The Morgan fingerprint density at radius 1 is 1.12 bits per heavy atom. The first kappa shape index (κ1) is 24.7. The minimum Gasteiger partial charge on any atom is -0.449 e. The summed E-state index contributed by atoms with van der Waals surface area (Å²) < 4.78 is 37.2. The zero-order valence-corrected chi connectivity index (χ0v) is 20.0. The Labute approximate surface area is 194 Å². The van der Waals surface area contributed by atoms with Crippen molar-refractivity contribution in [2.45, 2.75) is 24.8 Å². The third kappa shape index (κ3) is 5.70. The molecule has 2 aromatic rings. The number of hydrogen-bond acceptors (Lipinski definition) is 7. The van der Waals surface area contributed by atoms with Crippen molar-refractivity contribution in [3.8, 4) is 0 Å². The molecule has 10 heteroatoms. The molecule has 0 unspecified atom stereocenters. The molecule has 1 fully saturated rings. The first-order chi connectivity index (χ1) is 15.6. The number of benzene rings is 2. The lowest BCUT2D eigenvalue weighted by atomic mass is 10.1. The number of carbonyl (C=O) groups is 2. The number of rotatable bonds is 7. The molecular weight excluding hydrogens is 446 g/mol. The van der Waals surface area contributed by atoms with Crippen molar-refractivity contribution < 1.29 is 27.5 Å². The van der Waals surface area contributed by atoms with Crippen molar-refractivity contribution in [3.05, 3.63) is 53.6 Å². The van der Waals surface area contributed by atoms with Gasteiger partial charge >= 0.3 is 5.97 Å². The zero-order valence-electron chi connectivity index (χ0n) is 19.2. The van der Waals surface area contributed by atoms with Crippen LogP contribution in [0.1, 0.15) is 22.8 Å². The topological polar surface area (TPSA) is 105 Å². The van der Waals surface area contributed by atoms with Crippen molar-refractivity contribution >= 4 is 33.3 Å². The van der Waals surface area contributed by atoms with Gasteiger partial charge in [0.2, 0.25) is 10.0 Å². The summed E-state index contributed by atoms with van der Waals surface area (Å²) in [5.41, 5.74) is 2.11. The summed E-state index contributed by atoms with van der Waals surface area (Å²) in [4.78, 5) is 27.6. The minimum absolute atomic E-state index is 0.0338. The Morgan fingerprint density at radius 3 is 2.42 bits per heavy atom. The third-order valence-electron chi connectivity index (χ3n) is 5.37. The van der Waals surface area contributed by atoms with Gasteiger partial charge in [0, 0.05) is 32.9 Å². The predicted molar refractivity (Wildman–Crippen MR) is 125 cm³/mol. The van der Waals surface area contributed by atoms with Crippen LogP contribution >= 0.6 is 0 Å². The Kier molecular flexibility index (Phi) is 7.72. The second-order valence-electron chi connectivity index (χ2n) is 7.92. The van der Waals surface area contributed by atoms with Crippen LogP contribution in [0.2, 0.25) is 0 Å². The van der Waals surface area contributed by atoms with Gasteiger partial charge in [0.1, 0.15) is 0 Å². The summed E-state index contributed by atoms with van der Waals surface area (Å²) in [5.74, 6) is -1.26. The highest BCUT2D eigenvalue weighted by Crippen LogP contribution is 2.27. The predicted octanol–water partition coefficient (Wildman–Crippen LogP) is 2.27. The average molecular weight is 476 g/mol. The van der Waals surface area contributed by atoms with E-state index in [0.717, 1.165) is 9.87 Å². The summed E-state index contributed by atoms with van der Waals surface area (Å²) in [6.45, 7) is 5.40. The highest BCUT2D eigenvalue weighted by Gasteiger charge is 2.27. The van der Waals surface area contributed by atoms with E-state index in [4.69, 9.17) is 9.47 Å². The number of para-hydroxylation sites is 1. The van der Waals surface area contributed by atoms with Crippen LogP contribution in [0.3, 0.4) is 0 Å². The molecule has 1 N–H and O–H groups in total. The summed E-state index contributed by atoms with van der Waals surface area (Å²) in [5, 5.41) is 2.75. The van der Waals surface area contributed by atoms with Crippen molar-refractivity contribution in [1.82, 2.24) is 4.31 Å². The maximum atomic E-state index is 13.1. The number of aryl methyl sites for hydroxylation is 1.